The molecule has 1 aromatic heterocycles. The first kappa shape index (κ1) is 16.7. The van der Waals surface area contributed by atoms with Gasteiger partial charge in [0.15, 0.2) is 0 Å². The molecule has 1 aromatic carbocycles. The average molecular weight is 333 g/mol. The van der Waals surface area contributed by atoms with Gasteiger partial charge in [-0.1, -0.05) is 12.1 Å². The van der Waals surface area contributed by atoms with Crippen LogP contribution in [-0.4, -0.2) is 40.6 Å². The third kappa shape index (κ3) is 4.39. The summed E-state index contributed by atoms with van der Waals surface area (Å²) in [5.41, 5.74) is 0.545. The molecule has 1 heterocycles. The largest absolute Gasteiger partial charge is 0.335 e. The lowest BCUT2D eigenvalue weighted by Crippen LogP contribution is -2.31. The van der Waals surface area contributed by atoms with E-state index in [0.29, 0.717) is 0 Å². The van der Waals surface area contributed by atoms with E-state index < -0.39 is 4.92 Å². The lowest BCUT2D eigenvalue weighted by molar-refractivity contribution is -0.385. The number of benzene rings is 1. The van der Waals surface area contributed by atoms with Gasteiger partial charge in [0.1, 0.15) is 12.4 Å². The van der Waals surface area contributed by atoms with Crippen molar-refractivity contribution in [3.05, 3.63) is 46.8 Å². The molecule has 0 fully saturated rings. The van der Waals surface area contributed by atoms with Crippen LogP contribution >= 0.6 is 11.8 Å². The minimum atomic E-state index is -0.574. The number of anilines is 2. The highest BCUT2D eigenvalue weighted by Gasteiger charge is 2.13. The fraction of sp³-hybridized carbons (Fsp3) is 0.214. The van der Waals surface area contributed by atoms with Crippen LogP contribution in [0.3, 0.4) is 0 Å². The van der Waals surface area contributed by atoms with Crippen molar-refractivity contribution in [3.8, 4) is 0 Å². The van der Waals surface area contributed by atoms with Gasteiger partial charge in [0, 0.05) is 11.9 Å². The monoisotopic (exact) mass is 333 g/mol. The molecule has 0 aliphatic rings. The summed E-state index contributed by atoms with van der Waals surface area (Å²) in [7, 11) is 1.64. The molecule has 9 heteroatoms. The number of carbonyl (C=O) groups is 1. The van der Waals surface area contributed by atoms with Gasteiger partial charge in [-0.25, -0.2) is 9.97 Å². The van der Waals surface area contributed by atoms with Crippen LogP contribution in [0.5, 0.6) is 0 Å². The van der Waals surface area contributed by atoms with Crippen LogP contribution in [0.1, 0.15) is 0 Å². The molecule has 0 radical (unpaired) electrons. The van der Waals surface area contributed by atoms with Crippen molar-refractivity contribution in [1.29, 1.82) is 0 Å². The number of aromatic nitrogens is 2. The summed E-state index contributed by atoms with van der Waals surface area (Å²) >= 11 is 1.54. The number of hydrogen-bond donors (Lipinski definition) is 1. The van der Waals surface area contributed by atoms with Gasteiger partial charge in [0.25, 0.3) is 0 Å². The number of rotatable bonds is 6. The van der Waals surface area contributed by atoms with Crippen LogP contribution in [0.25, 0.3) is 0 Å². The van der Waals surface area contributed by atoms with E-state index in [2.05, 4.69) is 15.3 Å². The highest BCUT2D eigenvalue weighted by Crippen LogP contribution is 2.24. The van der Waals surface area contributed by atoms with E-state index in [1.54, 1.807) is 18.8 Å². The molecule has 2 rings (SSSR count). The summed E-state index contributed by atoms with van der Waals surface area (Å²) in [6.07, 6.45) is 4.15. The number of amides is 1. The molecular weight excluding hydrogens is 318 g/mol. The van der Waals surface area contributed by atoms with Crippen molar-refractivity contribution < 1.29 is 9.72 Å². The first-order valence-electron chi connectivity index (χ1n) is 6.61. The second-order valence-corrected chi connectivity index (χ2v) is 5.45. The zero-order valence-electron chi connectivity index (χ0n) is 12.6. The van der Waals surface area contributed by atoms with Crippen LogP contribution in [0.4, 0.5) is 17.3 Å². The van der Waals surface area contributed by atoms with E-state index in [9.17, 15) is 14.9 Å². The third-order valence-electron chi connectivity index (χ3n) is 2.94. The standard InChI is InChI=1S/C14H15N5O3S/c1-18(14-15-7-10(8-16-14)19(21)22)9-13(20)17-11-5-3-4-6-12(11)23-2/h3-8H,9H2,1-2H3,(H,17,20). The smallest absolute Gasteiger partial charge is 0.305 e. The molecule has 23 heavy (non-hydrogen) atoms. The number of hydrogen-bond acceptors (Lipinski definition) is 7. The Hall–Kier alpha value is -2.68. The van der Waals surface area contributed by atoms with Crippen LogP contribution < -0.4 is 10.2 Å². The highest BCUT2D eigenvalue weighted by molar-refractivity contribution is 7.98. The summed E-state index contributed by atoms with van der Waals surface area (Å²) in [5.74, 6) is 0.0138. The summed E-state index contributed by atoms with van der Waals surface area (Å²) < 4.78 is 0. The number of nitrogens with one attached hydrogen (secondary N) is 1. The van der Waals surface area contributed by atoms with E-state index >= 15 is 0 Å². The minimum absolute atomic E-state index is 0.0283. The number of thioether (sulfide) groups is 1. The molecule has 0 aliphatic heterocycles. The van der Waals surface area contributed by atoms with Crippen molar-refractivity contribution in [2.45, 2.75) is 4.90 Å². The Bertz CT molecular complexity index is 708. The van der Waals surface area contributed by atoms with E-state index in [1.165, 1.54) is 4.90 Å². The van der Waals surface area contributed by atoms with Crippen molar-refractivity contribution in [2.75, 3.05) is 30.1 Å². The fourth-order valence-corrected chi connectivity index (χ4v) is 2.38. The van der Waals surface area contributed by atoms with Crippen molar-refractivity contribution in [3.63, 3.8) is 0 Å². The first-order valence-corrected chi connectivity index (χ1v) is 7.84. The Kier molecular flexibility index (Phi) is 5.47. The molecule has 2 aromatic rings. The molecule has 0 aliphatic carbocycles. The van der Waals surface area contributed by atoms with Gasteiger partial charge in [-0.3, -0.25) is 14.9 Å². The Morgan fingerprint density at radius 3 is 2.61 bits per heavy atom. The molecule has 1 N–H and O–H groups in total. The maximum Gasteiger partial charge on any atom is 0.305 e. The lowest BCUT2D eigenvalue weighted by Gasteiger charge is -2.16. The normalized spacial score (nSPS) is 10.2. The Labute approximate surface area is 137 Å². The van der Waals surface area contributed by atoms with Gasteiger partial charge < -0.3 is 10.2 Å². The quantitative estimate of drug-likeness (QED) is 0.491. The number of carbonyl (C=O) groups excluding carboxylic acids is 1. The van der Waals surface area contributed by atoms with Crippen molar-refractivity contribution >= 4 is 35.0 Å². The number of para-hydroxylation sites is 1. The highest BCUT2D eigenvalue weighted by atomic mass is 32.2. The molecule has 120 valence electrons. The van der Waals surface area contributed by atoms with E-state index in [-0.39, 0.29) is 24.1 Å². The Morgan fingerprint density at radius 1 is 1.35 bits per heavy atom. The molecule has 0 saturated carbocycles. The Morgan fingerprint density at radius 2 is 2.00 bits per heavy atom. The number of nitrogens with zero attached hydrogens (tertiary/aromatic N) is 4. The van der Waals surface area contributed by atoms with E-state index in [1.807, 2.05) is 30.5 Å². The fourth-order valence-electron chi connectivity index (χ4n) is 1.83. The molecule has 0 unspecified atom stereocenters. The molecule has 1 amide bonds. The topological polar surface area (TPSA) is 101 Å². The molecule has 0 saturated heterocycles. The summed E-state index contributed by atoms with van der Waals surface area (Å²) in [6, 6.07) is 7.49. The van der Waals surface area contributed by atoms with Gasteiger partial charge in [0.2, 0.25) is 11.9 Å². The summed E-state index contributed by atoms with van der Waals surface area (Å²) in [4.78, 5) is 32.4. The van der Waals surface area contributed by atoms with Crippen LogP contribution in [0.2, 0.25) is 0 Å². The zero-order chi connectivity index (χ0) is 16.8. The maximum absolute atomic E-state index is 12.1. The molecule has 0 atom stereocenters. The minimum Gasteiger partial charge on any atom is -0.335 e. The zero-order valence-corrected chi connectivity index (χ0v) is 13.4. The van der Waals surface area contributed by atoms with Gasteiger partial charge in [-0.2, -0.15) is 0 Å². The average Bonchev–Trinajstić information content (AvgIpc) is 2.55. The molecule has 0 spiro atoms. The maximum atomic E-state index is 12.1. The summed E-state index contributed by atoms with van der Waals surface area (Å²) in [5, 5.41) is 13.4. The van der Waals surface area contributed by atoms with Gasteiger partial charge in [-0.15, -0.1) is 11.8 Å². The van der Waals surface area contributed by atoms with Crippen LogP contribution in [-0.2, 0) is 4.79 Å². The number of likely N-dealkylation sites (N-methyl/N-ethyl adjacent to an activating group) is 1. The van der Waals surface area contributed by atoms with E-state index in [0.717, 1.165) is 23.0 Å². The molecule has 8 nitrogen and oxygen atoms in total. The lowest BCUT2D eigenvalue weighted by atomic mass is 10.3. The third-order valence-corrected chi connectivity index (χ3v) is 3.73. The first-order chi connectivity index (χ1) is 11.0. The predicted octanol–water partition coefficient (Wildman–Crippen LogP) is 2.18. The van der Waals surface area contributed by atoms with Crippen molar-refractivity contribution in [1.82, 2.24) is 9.97 Å². The second kappa shape index (κ2) is 7.54. The second-order valence-electron chi connectivity index (χ2n) is 4.60. The van der Waals surface area contributed by atoms with Gasteiger partial charge >= 0.3 is 5.69 Å². The molecular formula is C14H15N5O3S. The molecule has 0 bridgehead atoms. The predicted molar refractivity (Wildman–Crippen MR) is 88.8 cm³/mol. The van der Waals surface area contributed by atoms with Crippen molar-refractivity contribution in [2.24, 2.45) is 0 Å². The SMILES string of the molecule is CSc1ccccc1NC(=O)CN(C)c1ncc([N+](=O)[O-])cn1. The number of nitro groups is 1. The van der Waals surface area contributed by atoms with Crippen LogP contribution in [0.15, 0.2) is 41.6 Å². The van der Waals surface area contributed by atoms with E-state index in [4.69, 9.17) is 0 Å². The van der Waals surface area contributed by atoms with Gasteiger partial charge in [0.05, 0.1) is 17.2 Å². The van der Waals surface area contributed by atoms with Gasteiger partial charge in [-0.05, 0) is 18.4 Å². The van der Waals surface area contributed by atoms with Crippen LogP contribution in [0, 0.1) is 10.1 Å². The summed E-state index contributed by atoms with van der Waals surface area (Å²) in [6.45, 7) is 0.0283. The Balaban J connectivity index is 2.00.